The minimum atomic E-state index is -0.490. The number of nitrogens with zero attached hydrogens (tertiary/aromatic N) is 1. The first-order chi connectivity index (χ1) is 12.3. The number of Topliss-reactive ketones (excluding diaryl/α,β-unsaturated/α-hetero) is 1. The number of benzene rings is 1. The molecule has 0 spiro atoms. The van der Waals surface area contributed by atoms with Gasteiger partial charge in [-0.25, -0.2) is 0 Å². The van der Waals surface area contributed by atoms with Crippen LogP contribution in [0.3, 0.4) is 0 Å². The molecule has 2 aromatic rings. The first kappa shape index (κ1) is 19.6. The van der Waals surface area contributed by atoms with Crippen LogP contribution in [0.2, 0.25) is 0 Å². The molecule has 2 N–H and O–H groups in total. The number of anilines is 1. The predicted octanol–water partition coefficient (Wildman–Crippen LogP) is 5.08. The molecule has 1 aliphatic rings. The van der Waals surface area contributed by atoms with Crippen molar-refractivity contribution in [2.45, 2.75) is 60.4 Å². The van der Waals surface area contributed by atoms with Crippen LogP contribution in [-0.4, -0.2) is 36.1 Å². The van der Waals surface area contributed by atoms with Gasteiger partial charge in [0.1, 0.15) is 0 Å². The van der Waals surface area contributed by atoms with E-state index in [1.54, 1.807) is 7.11 Å². The highest BCUT2D eigenvalue weighted by atomic mass is 16.5. The van der Waals surface area contributed by atoms with Gasteiger partial charge in [0.2, 0.25) is 0 Å². The van der Waals surface area contributed by atoms with Gasteiger partial charge in [0.05, 0.1) is 24.0 Å². The van der Waals surface area contributed by atoms with Gasteiger partial charge in [-0.3, -0.25) is 4.79 Å². The number of likely N-dealkylation sites (N-methyl/N-ethyl adjacent to an activating group) is 1. The summed E-state index contributed by atoms with van der Waals surface area (Å²) in [6, 6.07) is 2.16. The fourth-order valence-corrected chi connectivity index (χ4v) is 4.83. The number of fused-ring (bicyclic) bond motifs is 3. The van der Waals surface area contributed by atoms with Gasteiger partial charge >= 0.3 is 0 Å². The second-order valence-electron chi connectivity index (χ2n) is 9.91. The van der Waals surface area contributed by atoms with E-state index < -0.39 is 5.41 Å². The third kappa shape index (κ3) is 2.79. The normalized spacial score (nSPS) is 20.3. The van der Waals surface area contributed by atoms with Crippen molar-refractivity contribution in [2.75, 3.05) is 19.1 Å². The standard InChI is InChI=1S/C22H32N2O3/c1-11-14-12-10-13(20(26)22(5,6)7)23-15(12)18(27-9)17(25)16(14)24(8)19(11)21(2,3)4/h10-11,19,23,25H,1-9H3. The Morgan fingerprint density at radius 2 is 1.81 bits per heavy atom. The number of phenolic OH excluding ortho intramolecular Hbond substituents is 1. The van der Waals surface area contributed by atoms with E-state index in [0.29, 0.717) is 17.0 Å². The number of ether oxygens (including phenoxy) is 1. The zero-order valence-electron chi connectivity index (χ0n) is 17.9. The molecule has 1 aliphatic heterocycles. The van der Waals surface area contributed by atoms with Gasteiger partial charge in [0.25, 0.3) is 0 Å². The largest absolute Gasteiger partial charge is 0.503 e. The van der Waals surface area contributed by atoms with Gasteiger partial charge in [-0.1, -0.05) is 48.5 Å². The van der Waals surface area contributed by atoms with Crippen molar-refractivity contribution >= 4 is 22.4 Å². The lowest BCUT2D eigenvalue weighted by molar-refractivity contribution is 0.0854. The van der Waals surface area contributed by atoms with Crippen molar-refractivity contribution in [2.24, 2.45) is 10.8 Å². The number of aromatic amines is 1. The molecule has 0 radical (unpaired) electrons. The Bertz CT molecular complexity index is 912. The number of rotatable bonds is 2. The fourth-order valence-electron chi connectivity index (χ4n) is 4.83. The van der Waals surface area contributed by atoms with E-state index in [0.717, 1.165) is 16.6 Å². The molecule has 2 heterocycles. The number of hydrogen-bond acceptors (Lipinski definition) is 4. The van der Waals surface area contributed by atoms with Crippen LogP contribution in [-0.2, 0) is 0 Å². The monoisotopic (exact) mass is 372 g/mol. The maximum atomic E-state index is 12.8. The van der Waals surface area contributed by atoms with E-state index >= 15 is 0 Å². The second-order valence-corrected chi connectivity index (χ2v) is 9.91. The van der Waals surface area contributed by atoms with E-state index in [1.807, 2.05) is 33.9 Å². The lowest BCUT2D eigenvalue weighted by atomic mass is 9.78. The molecule has 5 nitrogen and oxygen atoms in total. The minimum Gasteiger partial charge on any atom is -0.503 e. The summed E-state index contributed by atoms with van der Waals surface area (Å²) in [6.07, 6.45) is 0. The fraction of sp³-hybridized carbons (Fsp3) is 0.591. The maximum Gasteiger partial charge on any atom is 0.186 e. The molecule has 1 aromatic heterocycles. The maximum absolute atomic E-state index is 12.8. The molecule has 0 bridgehead atoms. The quantitative estimate of drug-likeness (QED) is 0.722. The lowest BCUT2D eigenvalue weighted by Gasteiger charge is -2.37. The zero-order chi connectivity index (χ0) is 20.5. The van der Waals surface area contributed by atoms with E-state index in [4.69, 9.17) is 4.74 Å². The summed E-state index contributed by atoms with van der Waals surface area (Å²) in [5.74, 6) is 0.779. The van der Waals surface area contributed by atoms with Crippen LogP contribution >= 0.6 is 0 Å². The number of aromatic nitrogens is 1. The molecule has 0 saturated heterocycles. The minimum absolute atomic E-state index is 0.0273. The molecule has 27 heavy (non-hydrogen) atoms. The Morgan fingerprint density at radius 1 is 1.22 bits per heavy atom. The second kappa shape index (κ2) is 5.91. The first-order valence-electron chi connectivity index (χ1n) is 9.53. The lowest BCUT2D eigenvalue weighted by Crippen LogP contribution is -2.40. The van der Waals surface area contributed by atoms with Crippen molar-refractivity contribution in [1.29, 1.82) is 0 Å². The Kier molecular flexibility index (Phi) is 4.29. The average Bonchev–Trinajstić information content (AvgIpc) is 3.05. The van der Waals surface area contributed by atoms with Gasteiger partial charge < -0.3 is 19.7 Å². The van der Waals surface area contributed by atoms with Crippen LogP contribution in [0.1, 0.15) is 70.4 Å². The number of phenols is 1. The highest BCUT2D eigenvalue weighted by Gasteiger charge is 2.44. The molecular formula is C22H32N2O3. The summed E-state index contributed by atoms with van der Waals surface area (Å²) in [5.41, 5.74) is 2.67. The number of hydrogen-bond donors (Lipinski definition) is 2. The van der Waals surface area contributed by atoms with Crippen LogP contribution in [0.4, 0.5) is 5.69 Å². The van der Waals surface area contributed by atoms with Crippen LogP contribution in [0.5, 0.6) is 11.5 Å². The van der Waals surface area contributed by atoms with Crippen molar-refractivity contribution < 1.29 is 14.6 Å². The summed E-state index contributed by atoms with van der Waals surface area (Å²) in [7, 11) is 3.57. The molecule has 3 rings (SSSR count). The zero-order valence-corrected chi connectivity index (χ0v) is 17.9. The smallest absolute Gasteiger partial charge is 0.186 e. The van der Waals surface area contributed by atoms with Gasteiger partial charge in [0.15, 0.2) is 17.3 Å². The van der Waals surface area contributed by atoms with Crippen molar-refractivity contribution in [3.8, 4) is 11.5 Å². The number of ketones is 1. The number of nitrogens with one attached hydrogen (secondary N) is 1. The molecule has 0 saturated carbocycles. The summed E-state index contributed by atoms with van der Waals surface area (Å²) in [5, 5.41) is 12.0. The van der Waals surface area contributed by atoms with E-state index in [2.05, 4.69) is 37.6 Å². The Morgan fingerprint density at radius 3 is 2.30 bits per heavy atom. The van der Waals surface area contributed by atoms with Gasteiger partial charge in [-0.05, 0) is 17.0 Å². The molecule has 1 aromatic carbocycles. The van der Waals surface area contributed by atoms with Crippen molar-refractivity contribution in [3.05, 3.63) is 17.3 Å². The highest BCUT2D eigenvalue weighted by molar-refractivity contribution is 6.07. The molecule has 0 amide bonds. The van der Waals surface area contributed by atoms with E-state index in [9.17, 15) is 9.90 Å². The van der Waals surface area contributed by atoms with Crippen LogP contribution in [0.25, 0.3) is 10.9 Å². The van der Waals surface area contributed by atoms with Crippen LogP contribution in [0, 0.1) is 10.8 Å². The summed E-state index contributed by atoms with van der Waals surface area (Å²) >= 11 is 0. The molecule has 5 heteroatoms. The highest BCUT2D eigenvalue weighted by Crippen LogP contribution is 2.56. The number of H-pyrrole nitrogens is 1. The van der Waals surface area contributed by atoms with Crippen molar-refractivity contribution in [1.82, 2.24) is 4.98 Å². The summed E-state index contributed by atoms with van der Waals surface area (Å²) in [6.45, 7) is 14.6. The molecule has 0 fully saturated rings. The first-order valence-corrected chi connectivity index (χ1v) is 9.53. The Hall–Kier alpha value is -2.17. The van der Waals surface area contributed by atoms with Gasteiger partial charge in [0, 0.05) is 29.8 Å². The van der Waals surface area contributed by atoms with E-state index in [1.165, 1.54) is 0 Å². The van der Waals surface area contributed by atoms with Crippen LogP contribution in [0.15, 0.2) is 6.07 Å². The molecular weight excluding hydrogens is 340 g/mol. The average molecular weight is 373 g/mol. The van der Waals surface area contributed by atoms with E-state index in [-0.39, 0.29) is 28.9 Å². The topological polar surface area (TPSA) is 65.6 Å². The number of carbonyl (C=O) groups is 1. The van der Waals surface area contributed by atoms with Gasteiger partial charge in [-0.15, -0.1) is 0 Å². The molecule has 0 aliphatic carbocycles. The predicted molar refractivity (Wildman–Crippen MR) is 110 cm³/mol. The van der Waals surface area contributed by atoms with Gasteiger partial charge in [-0.2, -0.15) is 0 Å². The SMILES string of the molecule is COc1c(O)c2c(c3cc(C(=O)C(C)(C)C)[nH]c13)C(C)C(C(C)(C)C)N2C. The summed E-state index contributed by atoms with van der Waals surface area (Å²) in [4.78, 5) is 18.2. The number of carbonyl (C=O) groups excluding carboxylic acids is 1. The molecule has 2 unspecified atom stereocenters. The van der Waals surface area contributed by atoms with Crippen LogP contribution < -0.4 is 9.64 Å². The number of aromatic hydroxyl groups is 1. The Labute approximate surface area is 161 Å². The Balaban J connectivity index is 2.34. The summed E-state index contributed by atoms with van der Waals surface area (Å²) < 4.78 is 5.55. The molecule has 148 valence electrons. The molecule has 2 atom stereocenters. The van der Waals surface area contributed by atoms with Crippen molar-refractivity contribution in [3.63, 3.8) is 0 Å². The third-order valence-electron chi connectivity index (χ3n) is 5.75. The third-order valence-corrected chi connectivity index (χ3v) is 5.75. The number of methoxy groups -OCH3 is 1.